The Hall–Kier alpha value is -2.69. The fourth-order valence-corrected chi connectivity index (χ4v) is 0.843. The molecule has 0 atom stereocenters. The van der Waals surface area contributed by atoms with Crippen LogP contribution in [0.4, 0.5) is 0 Å². The van der Waals surface area contributed by atoms with Crippen molar-refractivity contribution in [2.45, 2.75) is 24.9 Å². The molecule has 0 amide bonds. The van der Waals surface area contributed by atoms with Gasteiger partial charge in [0.25, 0.3) is 0 Å². The SMILES string of the molecule is O=C(O)CC(=O)O.O=C(O)CC(O)(CC(=O)O)C(=O)O. The molecule has 0 spiro atoms. The Labute approximate surface area is 110 Å². The normalized spacial score (nSPS) is 9.85. The molecule has 0 heterocycles. The van der Waals surface area contributed by atoms with Crippen LogP contribution in [0.3, 0.4) is 0 Å². The first-order valence-corrected chi connectivity index (χ1v) is 4.73. The topological polar surface area (TPSA) is 207 Å². The molecule has 0 aromatic heterocycles. The smallest absolute Gasteiger partial charge is 0.336 e. The van der Waals surface area contributed by atoms with E-state index in [0.717, 1.165) is 0 Å². The molecule has 0 fully saturated rings. The maximum atomic E-state index is 10.3. The fraction of sp³-hybridized carbons (Fsp3) is 0.444. The number of rotatable bonds is 7. The van der Waals surface area contributed by atoms with Gasteiger partial charge in [-0.3, -0.25) is 19.2 Å². The molecule has 114 valence electrons. The lowest BCUT2D eigenvalue weighted by atomic mass is 9.96. The molecule has 20 heavy (non-hydrogen) atoms. The average Bonchev–Trinajstić information content (AvgIpc) is 2.12. The Kier molecular flexibility index (Phi) is 8.27. The number of aliphatic hydroxyl groups is 1. The predicted octanol–water partition coefficient (Wildman–Crippen LogP) is -1.70. The monoisotopic (exact) mass is 296 g/mol. The zero-order valence-electron chi connectivity index (χ0n) is 9.85. The summed E-state index contributed by atoms with van der Waals surface area (Å²) in [5.74, 6) is -7.64. The van der Waals surface area contributed by atoms with Crippen LogP contribution in [-0.2, 0) is 24.0 Å². The fourth-order valence-electron chi connectivity index (χ4n) is 0.843. The Balaban J connectivity index is 0. The van der Waals surface area contributed by atoms with Gasteiger partial charge in [0.05, 0.1) is 12.8 Å². The number of carbonyl (C=O) groups is 5. The summed E-state index contributed by atoms with van der Waals surface area (Å²) in [6.45, 7) is 0. The van der Waals surface area contributed by atoms with Crippen LogP contribution in [-0.4, -0.2) is 66.1 Å². The van der Waals surface area contributed by atoms with Crippen molar-refractivity contribution in [3.63, 3.8) is 0 Å². The van der Waals surface area contributed by atoms with Crippen LogP contribution < -0.4 is 0 Å². The highest BCUT2D eigenvalue weighted by atomic mass is 16.4. The van der Waals surface area contributed by atoms with Gasteiger partial charge >= 0.3 is 29.8 Å². The van der Waals surface area contributed by atoms with E-state index in [2.05, 4.69) is 0 Å². The van der Waals surface area contributed by atoms with Crippen LogP contribution in [0.2, 0.25) is 0 Å². The predicted molar refractivity (Wildman–Crippen MR) is 57.0 cm³/mol. The molecule has 6 N–H and O–H groups in total. The van der Waals surface area contributed by atoms with E-state index in [1.54, 1.807) is 0 Å². The summed E-state index contributed by atoms with van der Waals surface area (Å²) in [5, 5.41) is 49.2. The van der Waals surface area contributed by atoms with Crippen molar-refractivity contribution in [2.75, 3.05) is 0 Å². The number of hydrogen-bond acceptors (Lipinski definition) is 6. The van der Waals surface area contributed by atoms with Crippen molar-refractivity contribution in [2.24, 2.45) is 0 Å². The number of carboxylic acid groups (broad SMARTS) is 5. The average molecular weight is 296 g/mol. The minimum absolute atomic E-state index is 0.806. The quantitative estimate of drug-likeness (QED) is 0.291. The van der Waals surface area contributed by atoms with Gasteiger partial charge in [0.2, 0.25) is 0 Å². The van der Waals surface area contributed by atoms with E-state index in [9.17, 15) is 24.0 Å². The minimum atomic E-state index is -2.74. The Morgan fingerprint density at radius 1 is 0.650 bits per heavy atom. The summed E-state index contributed by atoms with van der Waals surface area (Å²) < 4.78 is 0. The van der Waals surface area contributed by atoms with Crippen molar-refractivity contribution in [1.29, 1.82) is 0 Å². The van der Waals surface area contributed by atoms with E-state index in [4.69, 9.17) is 30.6 Å². The van der Waals surface area contributed by atoms with Crippen LogP contribution in [0, 0.1) is 0 Å². The molecule has 11 nitrogen and oxygen atoms in total. The minimum Gasteiger partial charge on any atom is -0.481 e. The molecule has 0 aromatic carbocycles. The molecule has 0 saturated carbocycles. The highest BCUT2D eigenvalue weighted by Gasteiger charge is 2.40. The zero-order chi connectivity index (χ0) is 16.5. The van der Waals surface area contributed by atoms with Gasteiger partial charge in [-0.15, -0.1) is 0 Å². The summed E-state index contributed by atoms with van der Waals surface area (Å²) in [7, 11) is 0. The second kappa shape index (κ2) is 8.42. The molecule has 0 unspecified atom stereocenters. The number of carboxylic acids is 5. The van der Waals surface area contributed by atoms with Gasteiger partial charge in [-0.05, 0) is 0 Å². The highest BCUT2D eigenvalue weighted by molar-refractivity contribution is 5.89. The number of hydrogen-bond donors (Lipinski definition) is 6. The highest BCUT2D eigenvalue weighted by Crippen LogP contribution is 2.15. The van der Waals surface area contributed by atoms with E-state index >= 15 is 0 Å². The summed E-state index contributed by atoms with van der Waals surface area (Å²) >= 11 is 0. The van der Waals surface area contributed by atoms with Gasteiger partial charge in [-0.1, -0.05) is 0 Å². The first-order valence-electron chi connectivity index (χ1n) is 4.73. The molecule has 0 aliphatic carbocycles. The van der Waals surface area contributed by atoms with E-state index in [0.29, 0.717) is 0 Å². The van der Waals surface area contributed by atoms with Gasteiger partial charge in [0.1, 0.15) is 6.42 Å². The molecule has 0 aliphatic rings. The first kappa shape index (κ1) is 19.6. The molecular formula is C9H12O11. The lowest BCUT2D eigenvalue weighted by Gasteiger charge is -2.18. The molecule has 0 radical (unpaired) electrons. The van der Waals surface area contributed by atoms with Gasteiger partial charge < -0.3 is 30.6 Å². The molecule has 0 rings (SSSR count). The van der Waals surface area contributed by atoms with E-state index in [1.807, 2.05) is 0 Å². The van der Waals surface area contributed by atoms with Crippen molar-refractivity contribution >= 4 is 29.8 Å². The first-order chi connectivity index (χ1) is 8.90. The Morgan fingerprint density at radius 2 is 0.950 bits per heavy atom. The largest absolute Gasteiger partial charge is 0.481 e. The molecule has 0 aromatic rings. The summed E-state index contributed by atoms with van der Waals surface area (Å²) in [4.78, 5) is 49.3. The van der Waals surface area contributed by atoms with Gasteiger partial charge in [-0.2, -0.15) is 0 Å². The van der Waals surface area contributed by atoms with Crippen LogP contribution in [0.1, 0.15) is 19.3 Å². The van der Waals surface area contributed by atoms with Crippen LogP contribution >= 0.6 is 0 Å². The van der Waals surface area contributed by atoms with Crippen LogP contribution in [0.15, 0.2) is 0 Å². The van der Waals surface area contributed by atoms with E-state index in [-0.39, 0.29) is 0 Å². The van der Waals surface area contributed by atoms with Crippen LogP contribution in [0.5, 0.6) is 0 Å². The van der Waals surface area contributed by atoms with Gasteiger partial charge in [0, 0.05) is 0 Å². The molecule has 11 heteroatoms. The summed E-state index contributed by atoms with van der Waals surface area (Å²) in [6.07, 6.45) is -3.09. The van der Waals surface area contributed by atoms with Crippen molar-refractivity contribution in [3.05, 3.63) is 0 Å². The third kappa shape index (κ3) is 10.5. The second-order valence-electron chi connectivity index (χ2n) is 3.44. The third-order valence-electron chi connectivity index (χ3n) is 1.59. The Bertz CT molecular complexity index is 382. The zero-order valence-corrected chi connectivity index (χ0v) is 9.85. The lowest BCUT2D eigenvalue weighted by Crippen LogP contribution is -2.42. The molecular weight excluding hydrogens is 284 g/mol. The van der Waals surface area contributed by atoms with Gasteiger partial charge in [0.15, 0.2) is 5.60 Å². The van der Waals surface area contributed by atoms with Crippen molar-refractivity contribution in [1.82, 2.24) is 0 Å². The Morgan fingerprint density at radius 3 is 1.05 bits per heavy atom. The molecule has 0 saturated heterocycles. The van der Waals surface area contributed by atoms with Gasteiger partial charge in [-0.25, -0.2) is 4.79 Å². The van der Waals surface area contributed by atoms with Crippen LogP contribution in [0.25, 0.3) is 0 Å². The third-order valence-corrected chi connectivity index (χ3v) is 1.59. The van der Waals surface area contributed by atoms with Crippen molar-refractivity contribution < 1.29 is 54.6 Å². The second-order valence-corrected chi connectivity index (χ2v) is 3.44. The maximum absolute atomic E-state index is 10.3. The lowest BCUT2D eigenvalue weighted by molar-refractivity contribution is -0.170. The number of aliphatic carboxylic acids is 5. The summed E-state index contributed by atoms with van der Waals surface area (Å²) in [6, 6.07) is 0. The van der Waals surface area contributed by atoms with E-state index in [1.165, 1.54) is 0 Å². The van der Waals surface area contributed by atoms with E-state index < -0.39 is 54.7 Å². The summed E-state index contributed by atoms with van der Waals surface area (Å²) in [5.41, 5.74) is -2.74. The van der Waals surface area contributed by atoms with Crippen molar-refractivity contribution in [3.8, 4) is 0 Å². The molecule has 0 bridgehead atoms. The molecule has 0 aliphatic heterocycles. The maximum Gasteiger partial charge on any atom is 0.336 e. The standard InChI is InChI=1S/C6H8O7.C3H4O4/c7-3(8)1-6(13,5(11)12)2-4(9)10;4-2(5)1-3(6)7/h13H,1-2H2,(H,7,8)(H,9,10)(H,11,12);1H2,(H,4,5)(H,6,7).